The minimum Gasteiger partial charge on any atom is -0.456 e. The molecule has 0 unspecified atom stereocenters. The largest absolute Gasteiger partial charge is 0.456 e. The molecule has 3 aromatic rings. The predicted molar refractivity (Wildman–Crippen MR) is 112 cm³/mol. The average molecular weight is 387 g/mol. The molecule has 2 aromatic carbocycles. The average Bonchev–Trinajstić information content (AvgIpc) is 2.75. The number of hydrazone groups is 1. The molecule has 6 heteroatoms. The summed E-state index contributed by atoms with van der Waals surface area (Å²) in [6, 6.07) is 22.8. The number of aromatic nitrogens is 1. The van der Waals surface area contributed by atoms with Gasteiger partial charge in [0.25, 0.3) is 0 Å². The lowest BCUT2D eigenvalue weighted by molar-refractivity contribution is 0.468. The van der Waals surface area contributed by atoms with Crippen molar-refractivity contribution in [1.29, 1.82) is 0 Å². The van der Waals surface area contributed by atoms with E-state index in [1.54, 1.807) is 30.2 Å². The normalized spacial score (nSPS) is 15.4. The van der Waals surface area contributed by atoms with Crippen LogP contribution in [0, 0.1) is 0 Å². The van der Waals surface area contributed by atoms with Gasteiger partial charge in [0.2, 0.25) is 7.29 Å². The number of hydrogen-bond donors (Lipinski definition) is 1. The maximum absolute atomic E-state index is 13.5. The van der Waals surface area contributed by atoms with E-state index in [0.717, 1.165) is 16.7 Å². The van der Waals surface area contributed by atoms with Gasteiger partial charge in [-0.05, 0) is 17.7 Å². The van der Waals surface area contributed by atoms with Crippen LogP contribution in [0.25, 0.3) is 11.5 Å². The van der Waals surface area contributed by atoms with Crippen molar-refractivity contribution in [3.8, 4) is 0 Å². The molecule has 0 atom stereocenters. The summed E-state index contributed by atoms with van der Waals surface area (Å²) in [6.45, 7) is 0. The van der Waals surface area contributed by atoms with Crippen LogP contribution in [-0.2, 0) is 9.30 Å². The Morgan fingerprint density at radius 1 is 0.821 bits per heavy atom. The smallest absolute Gasteiger partial charge is 0.235 e. The number of rotatable bonds is 5. The molecule has 2 heterocycles. The summed E-state index contributed by atoms with van der Waals surface area (Å²) in [4.78, 5) is 3.97. The molecule has 1 N–H and O–H groups in total. The third-order valence-electron chi connectivity index (χ3n) is 4.09. The summed E-state index contributed by atoms with van der Waals surface area (Å²) in [5, 5.41) is 7.00. The molecule has 1 aliphatic rings. The standard InChI is InChI=1S/C22H18N3O2P/c26-28(25-24-15-18-11-13-23-14-12-18)16-21(19-7-3-1-4-8-19)27-22(17-28)20-9-5-2-6-10-20/h1-17H,(H,25,26). The molecule has 1 aliphatic heterocycles. The third-order valence-corrected chi connectivity index (χ3v) is 5.75. The van der Waals surface area contributed by atoms with E-state index in [1.807, 2.05) is 72.8 Å². The zero-order chi connectivity index (χ0) is 19.2. The zero-order valence-electron chi connectivity index (χ0n) is 15.0. The number of pyridine rings is 1. The van der Waals surface area contributed by atoms with E-state index in [4.69, 9.17) is 4.74 Å². The number of benzene rings is 2. The first-order valence-electron chi connectivity index (χ1n) is 8.76. The van der Waals surface area contributed by atoms with Gasteiger partial charge in [-0.1, -0.05) is 60.7 Å². The van der Waals surface area contributed by atoms with Gasteiger partial charge in [-0.2, -0.15) is 5.10 Å². The summed E-state index contributed by atoms with van der Waals surface area (Å²) in [7, 11) is -3.11. The summed E-state index contributed by atoms with van der Waals surface area (Å²) >= 11 is 0. The number of hydrogen-bond acceptors (Lipinski definition) is 4. The highest BCUT2D eigenvalue weighted by Gasteiger charge is 2.26. The highest BCUT2D eigenvalue weighted by molar-refractivity contribution is 7.68. The van der Waals surface area contributed by atoms with Gasteiger partial charge in [0, 0.05) is 35.2 Å². The molecule has 0 amide bonds. The van der Waals surface area contributed by atoms with Gasteiger partial charge < -0.3 is 4.74 Å². The first-order valence-corrected chi connectivity index (χ1v) is 10.6. The molecule has 1 aromatic heterocycles. The van der Waals surface area contributed by atoms with Crippen LogP contribution in [0.2, 0.25) is 0 Å². The lowest BCUT2D eigenvalue weighted by atomic mass is 10.2. The molecule has 0 saturated heterocycles. The van der Waals surface area contributed by atoms with E-state index < -0.39 is 7.29 Å². The zero-order valence-corrected chi connectivity index (χ0v) is 15.9. The Morgan fingerprint density at radius 2 is 1.36 bits per heavy atom. The molecular formula is C22H18N3O2P. The first-order chi connectivity index (χ1) is 13.7. The van der Waals surface area contributed by atoms with E-state index in [-0.39, 0.29) is 0 Å². The van der Waals surface area contributed by atoms with E-state index in [0.29, 0.717) is 11.5 Å². The Balaban J connectivity index is 1.67. The van der Waals surface area contributed by atoms with Crippen molar-refractivity contribution in [2.75, 3.05) is 0 Å². The SMILES string of the molecule is O=P1(NN=Cc2ccncc2)C=C(c2ccccc2)OC(c2ccccc2)=C1. The minimum absolute atomic E-state index is 0.539. The molecule has 0 saturated carbocycles. The summed E-state index contributed by atoms with van der Waals surface area (Å²) < 4.78 is 19.6. The molecular weight excluding hydrogens is 369 g/mol. The van der Waals surface area contributed by atoms with Gasteiger partial charge in [-0.25, -0.2) is 0 Å². The quantitative estimate of drug-likeness (QED) is 0.366. The topological polar surface area (TPSA) is 63.6 Å². The minimum atomic E-state index is -3.11. The summed E-state index contributed by atoms with van der Waals surface area (Å²) in [6.07, 6.45) is 4.97. The van der Waals surface area contributed by atoms with Crippen LogP contribution in [0.3, 0.4) is 0 Å². The second-order valence-corrected chi connectivity index (χ2v) is 8.30. The fraction of sp³-hybridized carbons (Fsp3) is 0. The van der Waals surface area contributed by atoms with Crippen molar-refractivity contribution in [2.45, 2.75) is 0 Å². The number of nitrogens with zero attached hydrogens (tertiary/aromatic N) is 2. The van der Waals surface area contributed by atoms with Gasteiger partial charge in [0.15, 0.2) is 0 Å². The maximum Gasteiger partial charge on any atom is 0.235 e. The van der Waals surface area contributed by atoms with E-state index in [2.05, 4.69) is 15.3 Å². The van der Waals surface area contributed by atoms with Crippen LogP contribution in [0.15, 0.2) is 102 Å². The Bertz CT molecular complexity index is 1020. The van der Waals surface area contributed by atoms with Crippen molar-refractivity contribution in [3.05, 3.63) is 114 Å². The molecule has 28 heavy (non-hydrogen) atoms. The molecule has 0 spiro atoms. The van der Waals surface area contributed by atoms with Crippen molar-refractivity contribution in [1.82, 2.24) is 10.2 Å². The molecule has 138 valence electrons. The molecule has 0 fully saturated rings. The lowest BCUT2D eigenvalue weighted by Gasteiger charge is -2.22. The van der Waals surface area contributed by atoms with Crippen LogP contribution in [0.4, 0.5) is 0 Å². The van der Waals surface area contributed by atoms with Crippen molar-refractivity contribution in [2.24, 2.45) is 5.10 Å². The van der Waals surface area contributed by atoms with Crippen molar-refractivity contribution < 1.29 is 9.30 Å². The second kappa shape index (κ2) is 8.07. The van der Waals surface area contributed by atoms with Crippen LogP contribution in [0.1, 0.15) is 16.7 Å². The Labute approximate surface area is 163 Å². The molecule has 0 aliphatic carbocycles. The van der Waals surface area contributed by atoms with E-state index in [1.165, 1.54) is 0 Å². The predicted octanol–water partition coefficient (Wildman–Crippen LogP) is 5.31. The van der Waals surface area contributed by atoms with Crippen LogP contribution >= 0.6 is 7.29 Å². The maximum atomic E-state index is 13.5. The van der Waals surface area contributed by atoms with Gasteiger partial charge in [0.1, 0.15) is 11.5 Å². The molecule has 0 bridgehead atoms. The van der Waals surface area contributed by atoms with Gasteiger partial charge in [0.05, 0.1) is 6.21 Å². The number of nitrogens with one attached hydrogen (secondary N) is 1. The van der Waals surface area contributed by atoms with Crippen LogP contribution in [-0.4, -0.2) is 11.2 Å². The van der Waals surface area contributed by atoms with Crippen LogP contribution in [0.5, 0.6) is 0 Å². The Hall–Kier alpha value is -3.43. The van der Waals surface area contributed by atoms with E-state index in [9.17, 15) is 4.57 Å². The summed E-state index contributed by atoms with van der Waals surface area (Å²) in [5.41, 5.74) is 2.57. The lowest BCUT2D eigenvalue weighted by Crippen LogP contribution is -2.06. The van der Waals surface area contributed by atoms with E-state index >= 15 is 0 Å². The van der Waals surface area contributed by atoms with Gasteiger partial charge in [-0.3, -0.25) is 14.7 Å². The molecule has 0 radical (unpaired) electrons. The number of ether oxygens (including phenoxy) is 1. The molecule has 5 nitrogen and oxygen atoms in total. The Kier molecular flexibility index (Phi) is 5.18. The summed E-state index contributed by atoms with van der Waals surface area (Å²) in [5.74, 6) is 4.30. The fourth-order valence-corrected chi connectivity index (χ4v) is 4.26. The van der Waals surface area contributed by atoms with Gasteiger partial charge in [-0.15, -0.1) is 0 Å². The second-order valence-electron chi connectivity index (χ2n) is 6.17. The highest BCUT2D eigenvalue weighted by Crippen LogP contribution is 2.53. The first kappa shape index (κ1) is 18.0. The third kappa shape index (κ3) is 4.27. The monoisotopic (exact) mass is 387 g/mol. The Morgan fingerprint density at radius 3 is 1.89 bits per heavy atom. The van der Waals surface area contributed by atoms with Crippen LogP contribution < -0.4 is 5.20 Å². The fourth-order valence-electron chi connectivity index (χ4n) is 2.73. The van der Waals surface area contributed by atoms with Crippen molar-refractivity contribution >= 4 is 25.0 Å². The molecule has 4 rings (SSSR count). The van der Waals surface area contributed by atoms with Gasteiger partial charge >= 0.3 is 0 Å². The van der Waals surface area contributed by atoms with Crippen molar-refractivity contribution in [3.63, 3.8) is 0 Å². The highest BCUT2D eigenvalue weighted by atomic mass is 31.2.